The molecule has 0 aromatic heterocycles. The van der Waals surface area contributed by atoms with Gasteiger partial charge in [0.25, 0.3) is 0 Å². The second-order valence-electron chi connectivity index (χ2n) is 9.20. The van der Waals surface area contributed by atoms with E-state index in [0.717, 1.165) is 17.3 Å². The van der Waals surface area contributed by atoms with Crippen molar-refractivity contribution in [3.8, 4) is 12.3 Å². The Morgan fingerprint density at radius 2 is 1.85 bits per heavy atom. The number of aliphatic imine (C=N–C) groups is 1. The molecule has 1 rings (SSSR count). The minimum atomic E-state index is -4.44. The van der Waals surface area contributed by atoms with Crippen molar-refractivity contribution in [1.82, 2.24) is 0 Å². The van der Waals surface area contributed by atoms with Gasteiger partial charge in [-0.3, -0.25) is 9.18 Å². The third kappa shape index (κ3) is 14.2. The number of rotatable bonds is 14. The molecule has 2 atom stereocenters. The van der Waals surface area contributed by atoms with Gasteiger partial charge >= 0.3 is 6.18 Å². The molecular formula is C29H36F5NO3S. The number of nitrogens with zero attached hydrogens (tertiary/aromatic N) is 1. The van der Waals surface area contributed by atoms with Crippen LogP contribution in [0.2, 0.25) is 0 Å². The van der Waals surface area contributed by atoms with E-state index in [1.807, 2.05) is 0 Å². The number of hydrogen-bond acceptors (Lipinski definition) is 5. The van der Waals surface area contributed by atoms with E-state index in [9.17, 15) is 26.7 Å². The number of carbonyl (C=O) groups excluding carboxylic acids is 1. The number of benzene rings is 1. The van der Waals surface area contributed by atoms with Crippen LogP contribution in [-0.2, 0) is 19.7 Å². The number of thioether (sulfide) groups is 1. The van der Waals surface area contributed by atoms with Gasteiger partial charge in [0.15, 0.2) is 5.78 Å². The Kier molecular flexibility index (Phi) is 15.7. The highest BCUT2D eigenvalue weighted by atomic mass is 32.2. The van der Waals surface area contributed by atoms with Gasteiger partial charge in [0, 0.05) is 17.1 Å². The van der Waals surface area contributed by atoms with E-state index in [1.54, 1.807) is 39.8 Å². The predicted octanol–water partition coefficient (Wildman–Crippen LogP) is 7.68. The van der Waals surface area contributed by atoms with E-state index < -0.39 is 35.4 Å². The lowest BCUT2D eigenvalue weighted by Gasteiger charge is -2.37. The Hall–Kier alpha value is -2.90. The second-order valence-corrected chi connectivity index (χ2v) is 10.8. The van der Waals surface area contributed by atoms with Crippen molar-refractivity contribution in [2.24, 2.45) is 4.99 Å². The Morgan fingerprint density at radius 3 is 2.33 bits per heavy atom. The maximum atomic E-state index is 14.2. The third-order valence-electron chi connectivity index (χ3n) is 5.19. The van der Waals surface area contributed by atoms with Crippen molar-refractivity contribution >= 4 is 23.3 Å². The zero-order valence-electron chi connectivity index (χ0n) is 23.0. The molecule has 39 heavy (non-hydrogen) atoms. The van der Waals surface area contributed by atoms with Crippen molar-refractivity contribution < 1.29 is 36.2 Å². The number of alkyl halides is 4. The largest absolute Gasteiger partial charge is 0.484 e. The standard InChI is InChI=1S/C18H23F5OS.C11H13NO2/c1-5-25-17(4,11-24-12-18(21,22)23)9-16(3,10-19)14-8-13(2)6-7-15(14)20;1-5-7-14-9(3)8-12-11(6-2)10(4)13/h5-8H,1,9-12H2,2-4H3;1,6,8H,2,7H2,3-4H3/b;9-8+,12-11?/t16-,17+;/m0./s1. The van der Waals surface area contributed by atoms with Gasteiger partial charge in [0.2, 0.25) is 0 Å². The van der Waals surface area contributed by atoms with Gasteiger partial charge in [0.05, 0.1) is 19.5 Å². The van der Waals surface area contributed by atoms with Crippen molar-refractivity contribution in [3.63, 3.8) is 0 Å². The number of aryl methyl sites for hydroxylation is 1. The molecule has 0 spiro atoms. The number of carbonyl (C=O) groups is 1. The zero-order valence-corrected chi connectivity index (χ0v) is 23.8. The summed E-state index contributed by atoms with van der Waals surface area (Å²) in [5.41, 5.74) is 0.0977. The van der Waals surface area contributed by atoms with Gasteiger partial charge in [-0.15, -0.1) is 18.2 Å². The van der Waals surface area contributed by atoms with Gasteiger partial charge in [-0.1, -0.05) is 43.7 Å². The van der Waals surface area contributed by atoms with Crippen LogP contribution in [0.1, 0.15) is 45.2 Å². The quantitative estimate of drug-likeness (QED) is 0.0992. The SMILES string of the molecule is C#CCO/C(C)=C/N=C(C=C)C(C)=O.C=CS[C@@](C)(COCC(F)(F)F)C[C@@](C)(CF)c1cc(C)ccc1F. The van der Waals surface area contributed by atoms with E-state index >= 15 is 0 Å². The summed E-state index contributed by atoms with van der Waals surface area (Å²) in [5.74, 6) is 2.21. The highest BCUT2D eigenvalue weighted by Gasteiger charge is 2.40. The Labute approximate surface area is 232 Å². The fourth-order valence-electron chi connectivity index (χ4n) is 3.49. The van der Waals surface area contributed by atoms with E-state index in [2.05, 4.69) is 24.1 Å². The van der Waals surface area contributed by atoms with Gasteiger partial charge in [-0.2, -0.15) is 13.2 Å². The molecule has 10 heteroatoms. The number of hydrogen-bond donors (Lipinski definition) is 0. The van der Waals surface area contributed by atoms with Crippen LogP contribution < -0.4 is 0 Å². The third-order valence-corrected chi connectivity index (χ3v) is 6.19. The molecule has 0 aliphatic carbocycles. The first kappa shape index (κ1) is 36.1. The molecule has 0 amide bonds. The van der Waals surface area contributed by atoms with Crippen LogP contribution in [0.3, 0.4) is 0 Å². The molecule has 0 N–H and O–H groups in total. The molecule has 216 valence electrons. The first-order valence-corrected chi connectivity index (χ1v) is 12.6. The van der Waals surface area contributed by atoms with Crippen molar-refractivity contribution in [3.05, 3.63) is 71.7 Å². The van der Waals surface area contributed by atoms with Crippen LogP contribution >= 0.6 is 11.8 Å². The fraction of sp³-hybridized carbons (Fsp3) is 0.448. The Morgan fingerprint density at radius 1 is 1.21 bits per heavy atom. The van der Waals surface area contributed by atoms with Gasteiger partial charge < -0.3 is 9.47 Å². The van der Waals surface area contributed by atoms with Crippen LogP contribution in [-0.4, -0.2) is 48.9 Å². The molecule has 0 saturated heterocycles. The van der Waals surface area contributed by atoms with Crippen molar-refractivity contribution in [2.45, 2.75) is 57.4 Å². The number of ketones is 1. The summed E-state index contributed by atoms with van der Waals surface area (Å²) in [4.78, 5) is 14.8. The summed E-state index contributed by atoms with van der Waals surface area (Å²) in [6.07, 6.45) is 3.49. The summed E-state index contributed by atoms with van der Waals surface area (Å²) in [5, 5.41) is 1.47. The van der Waals surface area contributed by atoms with Crippen LogP contribution in [0.5, 0.6) is 0 Å². The van der Waals surface area contributed by atoms with Gasteiger partial charge in [-0.25, -0.2) is 9.38 Å². The predicted molar refractivity (Wildman–Crippen MR) is 149 cm³/mol. The van der Waals surface area contributed by atoms with Crippen molar-refractivity contribution in [1.29, 1.82) is 0 Å². The zero-order chi connectivity index (χ0) is 30.3. The lowest BCUT2D eigenvalue weighted by molar-refractivity contribution is -0.175. The second kappa shape index (κ2) is 16.9. The molecular weight excluding hydrogens is 537 g/mol. The van der Waals surface area contributed by atoms with Crippen LogP contribution in [0.25, 0.3) is 0 Å². The monoisotopic (exact) mass is 573 g/mol. The molecule has 0 fully saturated rings. The summed E-state index contributed by atoms with van der Waals surface area (Å²) in [6.45, 7) is 12.9. The molecule has 1 aromatic carbocycles. The number of terminal acetylenes is 1. The van der Waals surface area contributed by atoms with Crippen LogP contribution in [0, 0.1) is 25.1 Å². The Balaban J connectivity index is 0.000000876. The highest BCUT2D eigenvalue weighted by molar-refractivity contribution is 8.03. The first-order chi connectivity index (χ1) is 18.1. The smallest absolute Gasteiger partial charge is 0.411 e. The van der Waals surface area contributed by atoms with Crippen LogP contribution in [0.15, 0.2) is 59.8 Å². The lowest BCUT2D eigenvalue weighted by atomic mass is 9.76. The molecule has 4 nitrogen and oxygen atoms in total. The number of halogens is 5. The first-order valence-electron chi connectivity index (χ1n) is 11.8. The summed E-state index contributed by atoms with van der Waals surface area (Å²) >= 11 is 1.16. The Bertz CT molecular complexity index is 1080. The minimum absolute atomic E-state index is 0.0887. The van der Waals surface area contributed by atoms with Crippen molar-refractivity contribution in [2.75, 3.05) is 26.5 Å². The number of Topliss-reactive ketones (excluding diaryl/α,β-unsaturated/α-hetero) is 1. The van der Waals surface area contributed by atoms with E-state index in [-0.39, 0.29) is 31.0 Å². The summed E-state index contributed by atoms with van der Waals surface area (Å²) in [6, 6.07) is 4.43. The van der Waals surface area contributed by atoms with E-state index in [0.29, 0.717) is 11.5 Å². The maximum absolute atomic E-state index is 14.2. The molecule has 0 saturated carbocycles. The van der Waals surface area contributed by atoms with E-state index in [4.69, 9.17) is 15.9 Å². The van der Waals surface area contributed by atoms with Crippen LogP contribution in [0.4, 0.5) is 22.0 Å². The number of allylic oxidation sites excluding steroid dienone is 2. The summed E-state index contributed by atoms with van der Waals surface area (Å²) < 4.78 is 74.1. The van der Waals surface area contributed by atoms with Gasteiger partial charge in [0.1, 0.15) is 30.5 Å². The fourth-order valence-corrected chi connectivity index (χ4v) is 4.45. The normalized spacial score (nSPS) is 15.1. The van der Waals surface area contributed by atoms with E-state index in [1.165, 1.54) is 30.7 Å². The molecule has 0 radical (unpaired) electrons. The molecule has 0 heterocycles. The average Bonchev–Trinajstić information content (AvgIpc) is 2.83. The highest BCUT2D eigenvalue weighted by Crippen LogP contribution is 2.42. The average molecular weight is 574 g/mol. The molecule has 0 bridgehead atoms. The molecule has 0 aliphatic rings. The molecule has 0 aliphatic heterocycles. The topological polar surface area (TPSA) is 47.9 Å². The lowest BCUT2D eigenvalue weighted by Crippen LogP contribution is -2.39. The number of ether oxygens (including phenoxy) is 2. The maximum Gasteiger partial charge on any atom is 0.411 e. The van der Waals surface area contributed by atoms with Gasteiger partial charge in [-0.05, 0) is 50.3 Å². The molecule has 0 unspecified atom stereocenters. The molecule has 1 aromatic rings. The minimum Gasteiger partial charge on any atom is -0.484 e. The summed E-state index contributed by atoms with van der Waals surface area (Å²) in [7, 11) is 0.